The summed E-state index contributed by atoms with van der Waals surface area (Å²) in [6.07, 6.45) is 1.88. The van der Waals surface area contributed by atoms with Crippen molar-refractivity contribution in [3.8, 4) is 0 Å². The van der Waals surface area contributed by atoms with Crippen LogP contribution < -0.4 is 10.2 Å². The van der Waals surface area contributed by atoms with Crippen LogP contribution in [-0.4, -0.2) is 30.1 Å². The highest BCUT2D eigenvalue weighted by atomic mass is 15.3. The van der Waals surface area contributed by atoms with Crippen molar-refractivity contribution in [1.82, 2.24) is 15.3 Å². The van der Waals surface area contributed by atoms with Crippen molar-refractivity contribution in [2.75, 3.05) is 25.0 Å². The van der Waals surface area contributed by atoms with Crippen LogP contribution in [0, 0.1) is 0 Å². The summed E-state index contributed by atoms with van der Waals surface area (Å²) < 4.78 is 0. The highest BCUT2D eigenvalue weighted by molar-refractivity contribution is 5.30. The summed E-state index contributed by atoms with van der Waals surface area (Å²) in [6, 6.07) is 0. The number of rotatable bonds is 5. The van der Waals surface area contributed by atoms with E-state index < -0.39 is 0 Å². The first-order valence-electron chi connectivity index (χ1n) is 4.75. The molecule has 13 heavy (non-hydrogen) atoms. The Morgan fingerprint density at radius 2 is 2.15 bits per heavy atom. The van der Waals surface area contributed by atoms with Crippen LogP contribution in [-0.2, 0) is 6.54 Å². The molecule has 0 saturated carbocycles. The van der Waals surface area contributed by atoms with E-state index in [1.165, 1.54) is 0 Å². The molecule has 0 unspecified atom stereocenters. The number of H-pyrrole nitrogens is 1. The highest BCUT2D eigenvalue weighted by Crippen LogP contribution is 2.07. The maximum absolute atomic E-state index is 4.31. The fourth-order valence-corrected chi connectivity index (χ4v) is 1.31. The van der Waals surface area contributed by atoms with Gasteiger partial charge in [-0.25, -0.2) is 4.98 Å². The van der Waals surface area contributed by atoms with Crippen LogP contribution >= 0.6 is 0 Å². The first-order chi connectivity index (χ1) is 6.31. The smallest absolute Gasteiger partial charge is 0.202 e. The van der Waals surface area contributed by atoms with Gasteiger partial charge in [-0.2, -0.15) is 0 Å². The second-order valence-corrected chi connectivity index (χ2v) is 2.93. The first kappa shape index (κ1) is 10.1. The lowest BCUT2D eigenvalue weighted by Crippen LogP contribution is -2.23. The van der Waals surface area contributed by atoms with Crippen LogP contribution in [0.25, 0.3) is 0 Å². The molecular formula is C9H18N4. The number of nitrogens with one attached hydrogen (secondary N) is 2. The molecule has 4 nitrogen and oxygen atoms in total. The summed E-state index contributed by atoms with van der Waals surface area (Å²) >= 11 is 0. The Balaban J connectivity index is 2.66. The van der Waals surface area contributed by atoms with Crippen molar-refractivity contribution in [3.05, 3.63) is 11.9 Å². The van der Waals surface area contributed by atoms with Crippen LogP contribution in [0.3, 0.4) is 0 Å². The molecule has 1 rings (SSSR count). The van der Waals surface area contributed by atoms with E-state index in [0.29, 0.717) is 0 Å². The SMILES string of the molecule is CCN(CC)c1ncc(CNC)[nH]1. The van der Waals surface area contributed by atoms with Crippen molar-refractivity contribution >= 4 is 5.95 Å². The number of nitrogens with zero attached hydrogens (tertiary/aromatic N) is 2. The Morgan fingerprint density at radius 3 is 2.69 bits per heavy atom. The zero-order valence-electron chi connectivity index (χ0n) is 8.59. The quantitative estimate of drug-likeness (QED) is 0.713. The average Bonchev–Trinajstić information content (AvgIpc) is 2.56. The molecule has 1 aromatic heterocycles. The number of hydrogen-bond donors (Lipinski definition) is 2. The van der Waals surface area contributed by atoms with Gasteiger partial charge in [0.2, 0.25) is 5.95 Å². The second-order valence-electron chi connectivity index (χ2n) is 2.93. The summed E-state index contributed by atoms with van der Waals surface area (Å²) in [5.74, 6) is 0.968. The molecule has 4 heteroatoms. The van der Waals surface area contributed by atoms with Gasteiger partial charge in [-0.3, -0.25) is 0 Å². The Kier molecular flexibility index (Phi) is 3.76. The Hall–Kier alpha value is -1.03. The standard InChI is InChI=1S/C9H18N4/c1-4-13(5-2)9-11-7-8(12-9)6-10-3/h7,10H,4-6H2,1-3H3,(H,11,12). The van der Waals surface area contributed by atoms with Crippen LogP contribution in [0.4, 0.5) is 5.95 Å². The van der Waals surface area contributed by atoms with Gasteiger partial charge in [0.15, 0.2) is 0 Å². The normalized spacial score (nSPS) is 10.4. The van der Waals surface area contributed by atoms with Crippen LogP contribution in [0.1, 0.15) is 19.5 Å². The molecule has 0 atom stereocenters. The molecule has 0 amide bonds. The second kappa shape index (κ2) is 4.87. The molecular weight excluding hydrogens is 164 g/mol. The van der Waals surface area contributed by atoms with Crippen molar-refractivity contribution in [2.24, 2.45) is 0 Å². The molecule has 74 valence electrons. The van der Waals surface area contributed by atoms with Crippen LogP contribution in [0.15, 0.2) is 6.20 Å². The molecule has 2 N–H and O–H groups in total. The zero-order chi connectivity index (χ0) is 9.68. The van der Waals surface area contributed by atoms with Gasteiger partial charge in [-0.15, -0.1) is 0 Å². The van der Waals surface area contributed by atoms with Gasteiger partial charge in [0.1, 0.15) is 0 Å². The van der Waals surface area contributed by atoms with E-state index in [9.17, 15) is 0 Å². The summed E-state index contributed by atoms with van der Waals surface area (Å²) in [7, 11) is 1.93. The number of hydrogen-bond acceptors (Lipinski definition) is 3. The molecule has 0 saturated heterocycles. The van der Waals surface area contributed by atoms with Gasteiger partial charge in [0.25, 0.3) is 0 Å². The van der Waals surface area contributed by atoms with E-state index in [0.717, 1.165) is 31.3 Å². The molecule has 0 spiro atoms. The van der Waals surface area contributed by atoms with Gasteiger partial charge in [-0.1, -0.05) is 0 Å². The molecule has 0 aliphatic carbocycles. The summed E-state index contributed by atoms with van der Waals surface area (Å²) in [4.78, 5) is 9.77. The molecule has 0 bridgehead atoms. The minimum atomic E-state index is 0.842. The lowest BCUT2D eigenvalue weighted by molar-refractivity contribution is 0.787. The lowest BCUT2D eigenvalue weighted by atomic mass is 10.5. The monoisotopic (exact) mass is 182 g/mol. The Labute approximate surface area is 79.4 Å². The Bertz CT molecular complexity index is 240. The van der Waals surface area contributed by atoms with Crippen molar-refractivity contribution in [1.29, 1.82) is 0 Å². The highest BCUT2D eigenvalue weighted by Gasteiger charge is 2.05. The average molecular weight is 182 g/mol. The van der Waals surface area contributed by atoms with Gasteiger partial charge >= 0.3 is 0 Å². The van der Waals surface area contributed by atoms with Crippen molar-refractivity contribution in [2.45, 2.75) is 20.4 Å². The third-order valence-electron chi connectivity index (χ3n) is 2.05. The fourth-order valence-electron chi connectivity index (χ4n) is 1.31. The third-order valence-corrected chi connectivity index (χ3v) is 2.05. The van der Waals surface area contributed by atoms with Crippen LogP contribution in [0.2, 0.25) is 0 Å². The van der Waals surface area contributed by atoms with Crippen LogP contribution in [0.5, 0.6) is 0 Å². The van der Waals surface area contributed by atoms with E-state index in [-0.39, 0.29) is 0 Å². The summed E-state index contributed by atoms with van der Waals surface area (Å²) in [5.41, 5.74) is 1.13. The molecule has 0 aliphatic rings. The minimum Gasteiger partial charge on any atom is -0.343 e. The third kappa shape index (κ3) is 2.45. The van der Waals surface area contributed by atoms with E-state index in [4.69, 9.17) is 0 Å². The van der Waals surface area contributed by atoms with Gasteiger partial charge in [0, 0.05) is 19.6 Å². The van der Waals surface area contributed by atoms with Gasteiger partial charge < -0.3 is 15.2 Å². The first-order valence-corrected chi connectivity index (χ1v) is 4.75. The van der Waals surface area contributed by atoms with E-state index >= 15 is 0 Å². The Morgan fingerprint density at radius 1 is 1.46 bits per heavy atom. The largest absolute Gasteiger partial charge is 0.343 e. The zero-order valence-corrected chi connectivity index (χ0v) is 8.59. The molecule has 0 aliphatic heterocycles. The lowest BCUT2D eigenvalue weighted by Gasteiger charge is -2.16. The van der Waals surface area contributed by atoms with Gasteiger partial charge in [0.05, 0.1) is 11.9 Å². The molecule has 0 aromatic carbocycles. The number of aromatic nitrogens is 2. The molecule has 1 heterocycles. The van der Waals surface area contributed by atoms with Gasteiger partial charge in [-0.05, 0) is 20.9 Å². The number of anilines is 1. The fraction of sp³-hybridized carbons (Fsp3) is 0.667. The summed E-state index contributed by atoms with van der Waals surface area (Å²) in [5, 5.41) is 3.08. The van der Waals surface area contributed by atoms with E-state index in [1.807, 2.05) is 13.2 Å². The predicted molar refractivity (Wildman–Crippen MR) is 54.9 cm³/mol. The summed E-state index contributed by atoms with van der Waals surface area (Å²) in [6.45, 7) is 7.08. The molecule has 1 aromatic rings. The predicted octanol–water partition coefficient (Wildman–Crippen LogP) is 0.975. The maximum Gasteiger partial charge on any atom is 0.202 e. The number of imidazole rings is 1. The topological polar surface area (TPSA) is 44.0 Å². The minimum absolute atomic E-state index is 0.842. The van der Waals surface area contributed by atoms with E-state index in [1.54, 1.807) is 0 Å². The maximum atomic E-state index is 4.31. The van der Waals surface area contributed by atoms with Crippen molar-refractivity contribution < 1.29 is 0 Å². The van der Waals surface area contributed by atoms with E-state index in [2.05, 4.69) is 34.0 Å². The van der Waals surface area contributed by atoms with Crippen molar-refractivity contribution in [3.63, 3.8) is 0 Å². The number of aromatic amines is 1. The molecule has 0 fully saturated rings. The molecule has 0 radical (unpaired) electrons.